The zero-order valence-corrected chi connectivity index (χ0v) is 16.6. The Morgan fingerprint density at radius 2 is 1.93 bits per heavy atom. The average molecular weight is 396 g/mol. The third-order valence-corrected chi connectivity index (χ3v) is 5.95. The van der Waals surface area contributed by atoms with Crippen molar-refractivity contribution in [3.05, 3.63) is 82.3 Å². The highest BCUT2D eigenvalue weighted by Gasteiger charge is 2.42. The van der Waals surface area contributed by atoms with Crippen LogP contribution in [0.15, 0.2) is 76.2 Å². The number of nitrogens with zero attached hydrogens (tertiary/aromatic N) is 3. The Balaban J connectivity index is 1.80. The molecular formula is C24H20N4O2. The Bertz CT molecular complexity index is 1200. The van der Waals surface area contributed by atoms with E-state index in [0.29, 0.717) is 29.2 Å². The molecule has 0 spiro atoms. The van der Waals surface area contributed by atoms with Crippen LogP contribution >= 0.6 is 0 Å². The highest BCUT2D eigenvalue weighted by Crippen LogP contribution is 2.49. The number of carbonyl (C=O) groups excluding carboxylic acids is 1. The second-order valence-electron chi connectivity index (χ2n) is 7.54. The topological polar surface area (TPSA) is 91.7 Å². The number of amidine groups is 1. The van der Waals surface area contributed by atoms with Crippen molar-refractivity contribution in [3.8, 4) is 11.8 Å². The van der Waals surface area contributed by atoms with Gasteiger partial charge in [0.05, 0.1) is 30.4 Å². The molecule has 0 bridgehead atoms. The van der Waals surface area contributed by atoms with Gasteiger partial charge in [-0.3, -0.25) is 9.69 Å². The van der Waals surface area contributed by atoms with Crippen molar-refractivity contribution in [2.45, 2.75) is 25.2 Å². The minimum atomic E-state index is -0.461. The lowest BCUT2D eigenvalue weighted by molar-refractivity contribution is -0.116. The van der Waals surface area contributed by atoms with E-state index in [1.54, 1.807) is 7.11 Å². The maximum atomic E-state index is 13.1. The van der Waals surface area contributed by atoms with Gasteiger partial charge in [-0.2, -0.15) is 5.26 Å². The molecule has 5 rings (SSSR count). The summed E-state index contributed by atoms with van der Waals surface area (Å²) < 4.78 is 5.27. The second kappa shape index (κ2) is 6.89. The molecule has 3 aliphatic rings. The first-order valence-electron chi connectivity index (χ1n) is 9.92. The fourth-order valence-corrected chi connectivity index (χ4v) is 4.60. The van der Waals surface area contributed by atoms with E-state index in [0.717, 1.165) is 41.1 Å². The molecule has 2 aliphatic heterocycles. The quantitative estimate of drug-likeness (QED) is 0.834. The number of ketones is 1. The molecule has 0 radical (unpaired) electrons. The van der Waals surface area contributed by atoms with Gasteiger partial charge in [0.1, 0.15) is 11.6 Å². The number of methoxy groups -OCH3 is 1. The highest BCUT2D eigenvalue weighted by molar-refractivity contribution is 6.08. The molecule has 6 heteroatoms. The van der Waals surface area contributed by atoms with Crippen LogP contribution < -0.4 is 15.4 Å². The summed E-state index contributed by atoms with van der Waals surface area (Å²) in [6.45, 7) is 0. The van der Waals surface area contributed by atoms with Gasteiger partial charge in [0.2, 0.25) is 0 Å². The molecule has 0 amide bonds. The summed E-state index contributed by atoms with van der Waals surface area (Å²) in [7, 11) is 1.61. The van der Waals surface area contributed by atoms with E-state index in [-0.39, 0.29) is 5.78 Å². The average Bonchev–Trinajstić information content (AvgIpc) is 2.78. The zero-order valence-electron chi connectivity index (χ0n) is 16.6. The lowest BCUT2D eigenvalue weighted by Gasteiger charge is -2.41. The van der Waals surface area contributed by atoms with Crippen molar-refractivity contribution in [3.63, 3.8) is 0 Å². The number of anilines is 1. The molecule has 0 saturated heterocycles. The van der Waals surface area contributed by atoms with Crippen molar-refractivity contribution in [2.75, 3.05) is 12.0 Å². The molecule has 0 saturated carbocycles. The molecule has 30 heavy (non-hydrogen) atoms. The van der Waals surface area contributed by atoms with E-state index in [4.69, 9.17) is 10.5 Å². The smallest absolute Gasteiger partial charge is 0.161 e. The number of ether oxygens (including phenoxy) is 1. The Morgan fingerprint density at radius 1 is 1.17 bits per heavy atom. The van der Waals surface area contributed by atoms with Crippen LogP contribution in [-0.4, -0.2) is 18.7 Å². The van der Waals surface area contributed by atoms with Gasteiger partial charge in [-0.05, 0) is 42.7 Å². The van der Waals surface area contributed by atoms with Gasteiger partial charge >= 0.3 is 0 Å². The van der Waals surface area contributed by atoms with Crippen LogP contribution in [0.2, 0.25) is 0 Å². The van der Waals surface area contributed by atoms with Gasteiger partial charge in [-0.15, -0.1) is 0 Å². The number of rotatable bonds is 2. The minimum Gasteiger partial charge on any atom is -0.497 e. The van der Waals surface area contributed by atoms with Crippen molar-refractivity contribution in [1.82, 2.24) is 0 Å². The molecule has 2 aromatic carbocycles. The molecule has 0 aromatic heterocycles. The highest BCUT2D eigenvalue weighted by atomic mass is 16.5. The normalized spacial score (nSPS) is 20.1. The molecular weight excluding hydrogens is 376 g/mol. The van der Waals surface area contributed by atoms with E-state index >= 15 is 0 Å². The van der Waals surface area contributed by atoms with Gasteiger partial charge in [0.15, 0.2) is 11.6 Å². The minimum absolute atomic E-state index is 0.0869. The number of Topliss-reactive ketones (excluding diaryl/α,β-unsaturated/α-hetero) is 1. The van der Waals surface area contributed by atoms with Gasteiger partial charge in [0, 0.05) is 23.3 Å². The predicted molar refractivity (Wildman–Crippen MR) is 114 cm³/mol. The van der Waals surface area contributed by atoms with Crippen molar-refractivity contribution >= 4 is 17.3 Å². The number of aliphatic imine (C=N–C) groups is 1. The van der Waals surface area contributed by atoms with Crippen LogP contribution in [0.3, 0.4) is 0 Å². The maximum absolute atomic E-state index is 13.1. The molecule has 2 N–H and O–H groups in total. The molecule has 0 fully saturated rings. The zero-order chi connectivity index (χ0) is 20.8. The fraction of sp³-hybridized carbons (Fsp3) is 0.208. The van der Waals surface area contributed by atoms with E-state index < -0.39 is 5.92 Å². The number of hydrogen-bond donors (Lipinski definition) is 1. The fourth-order valence-electron chi connectivity index (χ4n) is 4.60. The van der Waals surface area contributed by atoms with Gasteiger partial charge in [0.25, 0.3) is 0 Å². The summed E-state index contributed by atoms with van der Waals surface area (Å²) in [4.78, 5) is 19.7. The predicted octanol–water partition coefficient (Wildman–Crippen LogP) is 3.76. The van der Waals surface area contributed by atoms with Crippen molar-refractivity contribution in [2.24, 2.45) is 10.7 Å². The largest absolute Gasteiger partial charge is 0.497 e. The summed E-state index contributed by atoms with van der Waals surface area (Å²) in [6.07, 6.45) is 2.01. The van der Waals surface area contributed by atoms with E-state index in [1.807, 2.05) is 53.4 Å². The Hall–Kier alpha value is -3.85. The van der Waals surface area contributed by atoms with Crippen LogP contribution in [0.25, 0.3) is 0 Å². The third-order valence-electron chi connectivity index (χ3n) is 5.95. The summed E-state index contributed by atoms with van der Waals surface area (Å²) in [5, 5.41) is 10.2. The number of allylic oxidation sites excluding steroid dienone is 3. The first kappa shape index (κ1) is 18.2. The third kappa shape index (κ3) is 2.56. The number of nitrogens with two attached hydrogens (primary N) is 1. The van der Waals surface area contributed by atoms with Crippen LogP contribution in [0.5, 0.6) is 5.75 Å². The number of hydrogen-bond acceptors (Lipinski definition) is 6. The molecule has 1 atom stereocenters. The summed E-state index contributed by atoms with van der Waals surface area (Å²) in [6, 6.07) is 17.6. The van der Waals surface area contributed by atoms with Gasteiger partial charge < -0.3 is 10.5 Å². The molecule has 6 nitrogen and oxygen atoms in total. The Kier molecular flexibility index (Phi) is 4.18. The summed E-state index contributed by atoms with van der Waals surface area (Å²) in [5.41, 5.74) is 10.9. The van der Waals surface area contributed by atoms with Crippen LogP contribution in [0.4, 0.5) is 5.69 Å². The monoisotopic (exact) mass is 396 g/mol. The Labute approximate surface area is 174 Å². The lowest BCUT2D eigenvalue weighted by Crippen LogP contribution is -2.39. The van der Waals surface area contributed by atoms with Gasteiger partial charge in [-0.25, -0.2) is 4.99 Å². The molecule has 1 aliphatic carbocycles. The number of benzene rings is 2. The number of carbonyl (C=O) groups is 1. The Morgan fingerprint density at radius 3 is 2.67 bits per heavy atom. The summed E-state index contributed by atoms with van der Waals surface area (Å²) in [5.74, 6) is 1.24. The van der Waals surface area contributed by atoms with E-state index in [2.05, 4.69) is 11.1 Å². The number of nitriles is 1. The second-order valence-corrected chi connectivity index (χ2v) is 7.54. The van der Waals surface area contributed by atoms with Crippen molar-refractivity contribution in [1.29, 1.82) is 5.26 Å². The molecule has 2 aromatic rings. The van der Waals surface area contributed by atoms with Crippen LogP contribution in [0, 0.1) is 11.3 Å². The van der Waals surface area contributed by atoms with Crippen LogP contribution in [-0.2, 0) is 4.79 Å². The molecule has 1 unspecified atom stereocenters. The van der Waals surface area contributed by atoms with E-state index in [9.17, 15) is 10.1 Å². The first-order chi connectivity index (χ1) is 14.6. The lowest BCUT2D eigenvalue weighted by atomic mass is 9.75. The number of para-hydroxylation sites is 1. The SMILES string of the molecule is COc1ccc(C2C(C#N)=C3N=C(N)c4ccccc4N3C3=C2C(=O)CCC3)cc1. The standard InChI is InChI=1S/C24H20N4O2/c1-30-15-11-9-14(10-12-15)21-17(13-25)24-27-23(26)16-5-2-3-6-18(16)28(24)19-7-4-8-20(29)22(19)21/h2-3,5-6,9-12,21H,4,7-8H2,1H3,(H2,26,27). The van der Waals surface area contributed by atoms with Crippen molar-refractivity contribution < 1.29 is 9.53 Å². The van der Waals surface area contributed by atoms with E-state index in [1.165, 1.54) is 0 Å². The van der Waals surface area contributed by atoms with Crippen LogP contribution in [0.1, 0.15) is 36.3 Å². The maximum Gasteiger partial charge on any atom is 0.161 e. The summed E-state index contributed by atoms with van der Waals surface area (Å²) >= 11 is 0. The molecule has 148 valence electrons. The van der Waals surface area contributed by atoms with Gasteiger partial charge in [-0.1, -0.05) is 24.3 Å². The molecule has 2 heterocycles. The first-order valence-corrected chi connectivity index (χ1v) is 9.92. The number of fused-ring (bicyclic) bond motifs is 4.